The van der Waals surface area contributed by atoms with E-state index in [0.29, 0.717) is 5.56 Å². The van der Waals surface area contributed by atoms with Crippen LogP contribution in [-0.4, -0.2) is 34.4 Å². The van der Waals surface area contributed by atoms with Crippen molar-refractivity contribution in [3.63, 3.8) is 0 Å². The molecule has 0 spiro atoms. The molecule has 0 aliphatic carbocycles. The molecule has 2 aromatic rings. The average molecular weight is 383 g/mol. The monoisotopic (exact) mass is 383 g/mol. The van der Waals surface area contributed by atoms with E-state index in [9.17, 15) is 19.8 Å². The molecule has 0 saturated carbocycles. The Balaban J connectivity index is 2.25. The summed E-state index contributed by atoms with van der Waals surface area (Å²) in [5.41, 5.74) is 1.60. The first-order valence-electron chi connectivity index (χ1n) is 8.88. The SMILES string of the molecule is C[C@@H](O)CC(=O)Oc1cc(/C=C/c2cc[c]cc2)cc(OC(=O)C[C@@H](C)O)c1. The second-order valence-corrected chi connectivity index (χ2v) is 6.46. The quantitative estimate of drug-likeness (QED) is 0.414. The van der Waals surface area contributed by atoms with Crippen molar-refractivity contribution in [2.75, 3.05) is 0 Å². The Labute approximate surface area is 164 Å². The van der Waals surface area contributed by atoms with Crippen molar-refractivity contribution < 1.29 is 29.3 Å². The Bertz CT molecular complexity index is 782. The number of esters is 2. The predicted octanol–water partition coefficient (Wildman–Crippen LogP) is 3.01. The van der Waals surface area contributed by atoms with E-state index in [1.807, 2.05) is 18.2 Å². The van der Waals surface area contributed by atoms with E-state index in [2.05, 4.69) is 6.07 Å². The molecule has 1 radical (unpaired) electrons. The van der Waals surface area contributed by atoms with Gasteiger partial charge < -0.3 is 19.7 Å². The largest absolute Gasteiger partial charge is 0.426 e. The molecule has 2 atom stereocenters. The van der Waals surface area contributed by atoms with Crippen LogP contribution in [0.5, 0.6) is 11.5 Å². The van der Waals surface area contributed by atoms with Crippen molar-refractivity contribution in [3.05, 3.63) is 59.7 Å². The van der Waals surface area contributed by atoms with Crippen molar-refractivity contribution >= 4 is 24.1 Å². The van der Waals surface area contributed by atoms with E-state index < -0.39 is 24.1 Å². The number of carbonyl (C=O) groups excluding carboxylic acids is 2. The molecule has 0 aromatic heterocycles. The molecule has 0 heterocycles. The number of aliphatic hydroxyl groups is 2. The number of hydrogen-bond donors (Lipinski definition) is 2. The minimum atomic E-state index is -0.825. The summed E-state index contributed by atoms with van der Waals surface area (Å²) in [6.45, 7) is 2.97. The van der Waals surface area contributed by atoms with Crippen LogP contribution in [0.15, 0.2) is 42.5 Å². The fraction of sp³-hybridized carbons (Fsp3) is 0.273. The Morgan fingerprint density at radius 1 is 0.893 bits per heavy atom. The van der Waals surface area contributed by atoms with Gasteiger partial charge in [0, 0.05) is 6.07 Å². The summed E-state index contributed by atoms with van der Waals surface area (Å²) in [6.07, 6.45) is 1.68. The summed E-state index contributed by atoms with van der Waals surface area (Å²) < 4.78 is 10.5. The summed E-state index contributed by atoms with van der Waals surface area (Å²) in [6, 6.07) is 14.9. The maximum atomic E-state index is 11.8. The van der Waals surface area contributed by atoms with Crippen LogP contribution < -0.4 is 9.47 Å². The maximum Gasteiger partial charge on any atom is 0.313 e. The normalized spacial score (nSPS) is 13.1. The van der Waals surface area contributed by atoms with E-state index in [0.717, 1.165) is 5.56 Å². The lowest BCUT2D eigenvalue weighted by atomic mass is 10.1. The molecule has 6 nitrogen and oxygen atoms in total. The van der Waals surface area contributed by atoms with Crippen LogP contribution in [0.1, 0.15) is 37.8 Å². The molecule has 6 heteroatoms. The molecule has 0 aliphatic heterocycles. The fourth-order valence-electron chi connectivity index (χ4n) is 2.34. The third-order valence-electron chi connectivity index (χ3n) is 3.50. The lowest BCUT2D eigenvalue weighted by molar-refractivity contribution is -0.136. The lowest BCUT2D eigenvalue weighted by Crippen LogP contribution is -2.16. The van der Waals surface area contributed by atoms with E-state index in [1.165, 1.54) is 19.9 Å². The van der Waals surface area contributed by atoms with Crippen molar-refractivity contribution in [1.82, 2.24) is 0 Å². The zero-order valence-electron chi connectivity index (χ0n) is 15.8. The Kier molecular flexibility index (Phi) is 7.92. The van der Waals surface area contributed by atoms with E-state index in [-0.39, 0.29) is 24.3 Å². The maximum absolute atomic E-state index is 11.8. The van der Waals surface area contributed by atoms with Gasteiger partial charge in [0.1, 0.15) is 11.5 Å². The van der Waals surface area contributed by atoms with Gasteiger partial charge in [0.2, 0.25) is 0 Å². The molecule has 2 rings (SSSR count). The van der Waals surface area contributed by atoms with Gasteiger partial charge >= 0.3 is 11.9 Å². The van der Waals surface area contributed by atoms with Crippen molar-refractivity contribution in [2.24, 2.45) is 0 Å². The molecule has 0 unspecified atom stereocenters. The smallest absolute Gasteiger partial charge is 0.313 e. The van der Waals surface area contributed by atoms with Gasteiger partial charge in [-0.25, -0.2) is 0 Å². The second-order valence-electron chi connectivity index (χ2n) is 6.46. The van der Waals surface area contributed by atoms with Gasteiger partial charge in [0.15, 0.2) is 0 Å². The zero-order chi connectivity index (χ0) is 20.5. The number of aliphatic hydroxyl groups excluding tert-OH is 2. The summed E-state index contributed by atoms with van der Waals surface area (Å²) in [4.78, 5) is 23.7. The van der Waals surface area contributed by atoms with Crippen molar-refractivity contribution in [3.8, 4) is 11.5 Å². The van der Waals surface area contributed by atoms with E-state index >= 15 is 0 Å². The van der Waals surface area contributed by atoms with E-state index in [4.69, 9.17) is 9.47 Å². The Morgan fingerprint density at radius 2 is 1.36 bits per heavy atom. The fourth-order valence-corrected chi connectivity index (χ4v) is 2.34. The third-order valence-corrected chi connectivity index (χ3v) is 3.50. The van der Waals surface area contributed by atoms with Crippen LogP contribution in [0.3, 0.4) is 0 Å². The van der Waals surface area contributed by atoms with Gasteiger partial charge in [0.05, 0.1) is 25.0 Å². The lowest BCUT2D eigenvalue weighted by Gasteiger charge is -2.10. The van der Waals surface area contributed by atoms with Crippen LogP contribution >= 0.6 is 0 Å². The highest BCUT2D eigenvalue weighted by molar-refractivity contribution is 5.77. The highest BCUT2D eigenvalue weighted by atomic mass is 16.5. The van der Waals surface area contributed by atoms with Gasteiger partial charge in [-0.1, -0.05) is 36.4 Å². The summed E-state index contributed by atoms with van der Waals surface area (Å²) in [5, 5.41) is 18.6. The first-order chi connectivity index (χ1) is 13.3. The number of carbonyl (C=O) groups is 2. The molecule has 0 aliphatic rings. The number of rotatable bonds is 8. The Morgan fingerprint density at radius 3 is 1.82 bits per heavy atom. The molecule has 0 fully saturated rings. The van der Waals surface area contributed by atoms with Crippen LogP contribution in [0.4, 0.5) is 0 Å². The summed E-state index contributed by atoms with van der Waals surface area (Å²) >= 11 is 0. The first-order valence-corrected chi connectivity index (χ1v) is 8.88. The molecule has 0 amide bonds. The zero-order valence-corrected chi connectivity index (χ0v) is 15.8. The van der Waals surface area contributed by atoms with Crippen LogP contribution in [0.2, 0.25) is 0 Å². The molecule has 2 N–H and O–H groups in total. The number of ether oxygens (including phenoxy) is 2. The van der Waals surface area contributed by atoms with Crippen LogP contribution in [0, 0.1) is 6.07 Å². The first kappa shape index (κ1) is 21.3. The number of benzene rings is 2. The Hall–Kier alpha value is -2.96. The highest BCUT2D eigenvalue weighted by Gasteiger charge is 2.13. The molecule has 28 heavy (non-hydrogen) atoms. The van der Waals surface area contributed by atoms with Gasteiger partial charge in [-0.15, -0.1) is 0 Å². The van der Waals surface area contributed by atoms with Crippen molar-refractivity contribution in [2.45, 2.75) is 38.9 Å². The average Bonchev–Trinajstić information content (AvgIpc) is 2.59. The van der Waals surface area contributed by atoms with Crippen LogP contribution in [0.25, 0.3) is 12.2 Å². The number of hydrogen-bond acceptors (Lipinski definition) is 6. The topological polar surface area (TPSA) is 93.1 Å². The van der Waals surface area contributed by atoms with Gasteiger partial charge in [0.25, 0.3) is 0 Å². The molecule has 0 bridgehead atoms. The molecular formula is C22H23O6. The predicted molar refractivity (Wildman–Crippen MR) is 105 cm³/mol. The molecule has 147 valence electrons. The third kappa shape index (κ3) is 7.73. The summed E-state index contributed by atoms with van der Waals surface area (Å²) in [5.74, 6) is -0.824. The van der Waals surface area contributed by atoms with E-state index in [1.54, 1.807) is 30.3 Å². The minimum Gasteiger partial charge on any atom is -0.426 e. The molecule has 2 aromatic carbocycles. The van der Waals surface area contributed by atoms with Crippen LogP contribution in [-0.2, 0) is 9.59 Å². The minimum absolute atomic E-state index is 0.155. The molecular weight excluding hydrogens is 360 g/mol. The van der Waals surface area contributed by atoms with Gasteiger partial charge in [-0.05, 0) is 43.2 Å². The van der Waals surface area contributed by atoms with Crippen molar-refractivity contribution in [1.29, 1.82) is 0 Å². The standard InChI is InChI=1S/C22H23O6/c1-15(23)10-21(25)27-19-12-18(9-8-17-6-4-3-5-7-17)13-20(14-19)28-22(26)11-16(2)24/h4-9,12-16,23-24H,10-11H2,1-2H3/b9-8+/t15-,16-/m1/s1. The summed E-state index contributed by atoms with van der Waals surface area (Å²) in [7, 11) is 0. The molecule has 0 saturated heterocycles. The van der Waals surface area contributed by atoms with Gasteiger partial charge in [-0.3, -0.25) is 9.59 Å². The highest BCUT2D eigenvalue weighted by Crippen LogP contribution is 2.25. The second kappa shape index (κ2) is 10.4. The van der Waals surface area contributed by atoms with Gasteiger partial charge in [-0.2, -0.15) is 0 Å².